The fraction of sp³-hybridized carbons (Fsp3) is 0.538. The Morgan fingerprint density at radius 2 is 1.52 bits per heavy atom. The number of halogens is 3. The number of benzene rings is 1. The van der Waals surface area contributed by atoms with Crippen LogP contribution in [-0.2, 0) is 10.1 Å². The standard InChI is InChI=1S/C13H19F3O5SSi/c1-8-7-9(21-22(17,18)13(14,15)16)12(23(4,5)6)11(20-3)10(8)19-2/h7H,1-6H3. The molecular weight excluding hydrogens is 353 g/mol. The van der Waals surface area contributed by atoms with Crippen molar-refractivity contribution in [2.75, 3.05) is 14.2 Å². The Kier molecular flexibility index (Phi) is 5.32. The predicted molar refractivity (Wildman–Crippen MR) is 82.9 cm³/mol. The van der Waals surface area contributed by atoms with E-state index < -0.39 is 23.7 Å². The van der Waals surface area contributed by atoms with Crippen molar-refractivity contribution < 1.29 is 35.2 Å². The summed E-state index contributed by atoms with van der Waals surface area (Å²) in [5.41, 5.74) is -5.11. The number of hydrogen-bond donors (Lipinski definition) is 0. The highest BCUT2D eigenvalue weighted by molar-refractivity contribution is 7.88. The highest BCUT2D eigenvalue weighted by atomic mass is 32.2. The first-order valence-electron chi connectivity index (χ1n) is 6.53. The predicted octanol–water partition coefficient (Wildman–Crippen LogP) is 2.79. The first kappa shape index (κ1) is 19.6. The van der Waals surface area contributed by atoms with Crippen LogP contribution in [0.15, 0.2) is 6.07 Å². The van der Waals surface area contributed by atoms with E-state index in [-0.39, 0.29) is 11.5 Å². The Bertz CT molecular complexity index is 693. The van der Waals surface area contributed by atoms with Crippen molar-refractivity contribution in [2.24, 2.45) is 0 Å². The Morgan fingerprint density at radius 1 is 1.04 bits per heavy atom. The molecule has 1 rings (SSSR count). The largest absolute Gasteiger partial charge is 0.534 e. The van der Waals surface area contributed by atoms with Crippen LogP contribution in [0.25, 0.3) is 0 Å². The zero-order valence-corrected chi connectivity index (χ0v) is 15.5. The normalized spacial score (nSPS) is 12.9. The van der Waals surface area contributed by atoms with Gasteiger partial charge in [-0.15, -0.1) is 0 Å². The fourth-order valence-electron chi connectivity index (χ4n) is 2.13. The smallest absolute Gasteiger partial charge is 0.493 e. The molecule has 23 heavy (non-hydrogen) atoms. The zero-order valence-electron chi connectivity index (χ0n) is 13.7. The van der Waals surface area contributed by atoms with E-state index in [4.69, 9.17) is 9.47 Å². The lowest BCUT2D eigenvalue weighted by molar-refractivity contribution is -0.0499. The third-order valence-electron chi connectivity index (χ3n) is 3.03. The minimum Gasteiger partial charge on any atom is -0.493 e. The van der Waals surface area contributed by atoms with E-state index in [0.29, 0.717) is 16.5 Å². The highest BCUT2D eigenvalue weighted by Crippen LogP contribution is 2.37. The lowest BCUT2D eigenvalue weighted by Gasteiger charge is -2.26. The number of ether oxygens (including phenoxy) is 2. The maximum atomic E-state index is 12.6. The Balaban J connectivity index is 3.71. The first-order chi connectivity index (χ1) is 10.3. The van der Waals surface area contributed by atoms with Gasteiger partial charge in [0.15, 0.2) is 11.5 Å². The molecule has 0 N–H and O–H groups in total. The van der Waals surface area contributed by atoms with Crippen molar-refractivity contribution in [3.05, 3.63) is 11.6 Å². The lowest BCUT2D eigenvalue weighted by atomic mass is 10.2. The van der Waals surface area contributed by atoms with Gasteiger partial charge in [-0.2, -0.15) is 21.6 Å². The SMILES string of the molecule is COc1c(C)cc(OS(=O)(=O)C(F)(F)F)c([Si](C)(C)C)c1OC. The molecule has 0 amide bonds. The van der Waals surface area contributed by atoms with Crippen LogP contribution in [0.4, 0.5) is 13.2 Å². The van der Waals surface area contributed by atoms with Crippen LogP contribution in [-0.4, -0.2) is 36.2 Å². The van der Waals surface area contributed by atoms with E-state index in [1.54, 1.807) is 6.92 Å². The van der Waals surface area contributed by atoms with Gasteiger partial charge in [0, 0.05) is 5.19 Å². The maximum Gasteiger partial charge on any atom is 0.534 e. The molecule has 1 aromatic carbocycles. The fourth-order valence-corrected chi connectivity index (χ4v) is 4.42. The van der Waals surface area contributed by atoms with Crippen molar-refractivity contribution in [3.63, 3.8) is 0 Å². The minimum absolute atomic E-state index is 0.194. The monoisotopic (exact) mass is 372 g/mol. The molecule has 0 bridgehead atoms. The molecule has 0 aliphatic rings. The second kappa shape index (κ2) is 6.23. The minimum atomic E-state index is -5.77. The first-order valence-corrected chi connectivity index (χ1v) is 11.4. The lowest BCUT2D eigenvalue weighted by Crippen LogP contribution is -2.41. The van der Waals surface area contributed by atoms with Crippen molar-refractivity contribution in [1.82, 2.24) is 0 Å². The molecule has 0 aliphatic heterocycles. The molecule has 0 fully saturated rings. The molecule has 0 spiro atoms. The topological polar surface area (TPSA) is 61.8 Å². The van der Waals surface area contributed by atoms with Gasteiger partial charge in [-0.1, -0.05) is 19.6 Å². The van der Waals surface area contributed by atoms with Crippen LogP contribution >= 0.6 is 0 Å². The highest BCUT2D eigenvalue weighted by Gasteiger charge is 2.49. The number of hydrogen-bond acceptors (Lipinski definition) is 5. The van der Waals surface area contributed by atoms with Gasteiger partial charge >= 0.3 is 15.6 Å². The molecule has 0 aliphatic carbocycles. The molecule has 0 aromatic heterocycles. The van der Waals surface area contributed by atoms with Crippen LogP contribution in [0.3, 0.4) is 0 Å². The van der Waals surface area contributed by atoms with E-state index in [9.17, 15) is 21.6 Å². The Morgan fingerprint density at radius 3 is 1.87 bits per heavy atom. The quantitative estimate of drug-likeness (QED) is 0.452. The summed E-state index contributed by atoms with van der Waals surface area (Å²) in [5, 5.41) is 0.301. The van der Waals surface area contributed by atoms with Crippen LogP contribution in [0, 0.1) is 6.92 Å². The van der Waals surface area contributed by atoms with E-state index in [1.165, 1.54) is 20.3 Å². The van der Waals surface area contributed by atoms with E-state index >= 15 is 0 Å². The summed E-state index contributed by atoms with van der Waals surface area (Å²) in [7, 11) is -5.37. The van der Waals surface area contributed by atoms with E-state index in [2.05, 4.69) is 4.18 Å². The van der Waals surface area contributed by atoms with Gasteiger partial charge in [0.2, 0.25) is 0 Å². The molecule has 0 saturated carbocycles. The molecule has 0 unspecified atom stereocenters. The molecule has 1 aromatic rings. The number of rotatable bonds is 5. The van der Waals surface area contributed by atoms with Crippen molar-refractivity contribution in [3.8, 4) is 17.2 Å². The molecule has 0 heterocycles. The van der Waals surface area contributed by atoms with Gasteiger partial charge in [-0.3, -0.25) is 0 Å². The summed E-state index contributed by atoms with van der Waals surface area (Å²) in [4.78, 5) is 0. The number of methoxy groups -OCH3 is 2. The maximum absolute atomic E-state index is 12.6. The zero-order chi connectivity index (χ0) is 18.2. The van der Waals surface area contributed by atoms with Crippen LogP contribution in [0.2, 0.25) is 19.6 Å². The van der Waals surface area contributed by atoms with Gasteiger partial charge in [0.05, 0.1) is 22.3 Å². The summed E-state index contributed by atoms with van der Waals surface area (Å²) < 4.78 is 75.5. The van der Waals surface area contributed by atoms with Gasteiger partial charge in [-0.25, -0.2) is 0 Å². The third kappa shape index (κ3) is 3.92. The van der Waals surface area contributed by atoms with Crippen molar-refractivity contribution >= 4 is 23.4 Å². The second-order valence-electron chi connectivity index (χ2n) is 5.87. The van der Waals surface area contributed by atoms with Crippen LogP contribution < -0.4 is 18.8 Å². The van der Waals surface area contributed by atoms with Gasteiger partial charge in [0.1, 0.15) is 5.75 Å². The van der Waals surface area contributed by atoms with E-state index in [0.717, 1.165) is 0 Å². The number of alkyl halides is 3. The number of aryl methyl sites for hydroxylation is 1. The van der Waals surface area contributed by atoms with Gasteiger partial charge in [0.25, 0.3) is 0 Å². The Labute approximate surface area is 134 Å². The van der Waals surface area contributed by atoms with Crippen LogP contribution in [0.1, 0.15) is 5.56 Å². The summed E-state index contributed by atoms with van der Waals surface area (Å²) in [6.07, 6.45) is 0. The summed E-state index contributed by atoms with van der Waals surface area (Å²) >= 11 is 0. The Hall–Kier alpha value is -1.42. The summed E-state index contributed by atoms with van der Waals surface area (Å²) in [5.74, 6) is 0.150. The third-order valence-corrected chi connectivity index (χ3v) is 5.97. The molecule has 0 radical (unpaired) electrons. The van der Waals surface area contributed by atoms with Crippen molar-refractivity contribution in [2.45, 2.75) is 32.1 Å². The molecule has 10 heteroatoms. The average Bonchev–Trinajstić information content (AvgIpc) is 2.34. The average molecular weight is 372 g/mol. The summed E-state index contributed by atoms with van der Waals surface area (Å²) in [6.45, 7) is 7.04. The summed E-state index contributed by atoms with van der Waals surface area (Å²) in [6, 6.07) is 1.22. The van der Waals surface area contributed by atoms with Gasteiger partial charge < -0.3 is 13.7 Å². The van der Waals surface area contributed by atoms with Crippen molar-refractivity contribution in [1.29, 1.82) is 0 Å². The molecule has 0 atom stereocenters. The molecule has 5 nitrogen and oxygen atoms in total. The van der Waals surface area contributed by atoms with E-state index in [1.807, 2.05) is 19.6 Å². The molecule has 132 valence electrons. The second-order valence-corrected chi connectivity index (χ2v) is 12.4. The molecule has 0 saturated heterocycles. The van der Waals surface area contributed by atoms with Gasteiger partial charge in [-0.05, 0) is 18.6 Å². The van der Waals surface area contributed by atoms with Crippen LogP contribution in [0.5, 0.6) is 17.2 Å². The molecular formula is C13H19F3O5SSi.